The normalized spacial score (nSPS) is 13.3. The summed E-state index contributed by atoms with van der Waals surface area (Å²) in [4.78, 5) is 20.9. The van der Waals surface area contributed by atoms with Crippen LogP contribution in [0.5, 0.6) is 5.88 Å². The molecule has 0 unspecified atom stereocenters. The lowest BCUT2D eigenvalue weighted by molar-refractivity contribution is -0.135. The van der Waals surface area contributed by atoms with Crippen LogP contribution in [0.25, 0.3) is 0 Å². The summed E-state index contributed by atoms with van der Waals surface area (Å²) < 4.78 is 5.80. The molecule has 0 bridgehead atoms. The van der Waals surface area contributed by atoms with Crippen LogP contribution < -0.4 is 10.1 Å². The van der Waals surface area contributed by atoms with Gasteiger partial charge in [0.05, 0.1) is 0 Å². The third kappa shape index (κ3) is 5.80. The summed E-state index contributed by atoms with van der Waals surface area (Å²) in [6.07, 6.45) is 3.75. The van der Waals surface area contributed by atoms with Crippen LogP contribution in [0.15, 0.2) is 73.2 Å². The molecule has 0 fully saturated rings. The van der Waals surface area contributed by atoms with E-state index in [2.05, 4.69) is 27.4 Å². The number of halogens is 1. The van der Waals surface area contributed by atoms with Crippen molar-refractivity contribution in [3.63, 3.8) is 0 Å². The Morgan fingerprint density at radius 2 is 1.80 bits per heavy atom. The third-order valence-electron chi connectivity index (χ3n) is 5.02. The van der Waals surface area contributed by atoms with E-state index in [4.69, 9.17) is 16.3 Å². The van der Waals surface area contributed by atoms with Gasteiger partial charge in [0, 0.05) is 29.2 Å². The molecule has 2 aromatic carbocycles. The molecule has 6 heteroatoms. The van der Waals surface area contributed by atoms with Gasteiger partial charge in [0.1, 0.15) is 6.33 Å². The van der Waals surface area contributed by atoms with Gasteiger partial charge in [-0.2, -0.15) is 0 Å². The summed E-state index contributed by atoms with van der Waals surface area (Å²) in [7, 11) is 0. The smallest absolute Gasteiger partial charge is 0.263 e. The van der Waals surface area contributed by atoms with Gasteiger partial charge in [-0.1, -0.05) is 54.1 Å². The van der Waals surface area contributed by atoms with E-state index in [1.54, 1.807) is 26.1 Å². The lowest BCUT2D eigenvalue weighted by Gasteiger charge is -2.30. The van der Waals surface area contributed by atoms with E-state index in [1.165, 1.54) is 6.33 Å². The molecule has 0 spiro atoms. The molecule has 0 aliphatic heterocycles. The highest BCUT2D eigenvalue weighted by atomic mass is 35.5. The molecule has 3 aromatic rings. The van der Waals surface area contributed by atoms with Gasteiger partial charge in [-0.15, -0.1) is 0 Å². The van der Waals surface area contributed by atoms with E-state index in [0.717, 1.165) is 17.5 Å². The second-order valence-corrected chi connectivity index (χ2v) is 8.21. The second-order valence-electron chi connectivity index (χ2n) is 7.77. The minimum atomic E-state index is -1.08. The number of carbonyl (C=O) groups is 1. The number of aromatic nitrogens is 2. The number of nitrogens with zero attached hydrogens (tertiary/aromatic N) is 2. The maximum Gasteiger partial charge on any atom is 0.263 e. The zero-order valence-corrected chi connectivity index (χ0v) is 18.1. The first-order valence-corrected chi connectivity index (χ1v) is 10.3. The van der Waals surface area contributed by atoms with Gasteiger partial charge in [-0.3, -0.25) is 4.79 Å². The molecular formula is C24H26ClN3O2. The predicted molar refractivity (Wildman–Crippen MR) is 119 cm³/mol. The molecule has 0 saturated carbocycles. The van der Waals surface area contributed by atoms with Crippen LogP contribution in [0, 0.1) is 0 Å². The lowest BCUT2D eigenvalue weighted by atomic mass is 9.86. The van der Waals surface area contributed by atoms with E-state index in [9.17, 15) is 4.79 Å². The molecule has 0 radical (unpaired) electrons. The van der Waals surface area contributed by atoms with Gasteiger partial charge in [0.2, 0.25) is 5.88 Å². The number of hydrogen-bond donors (Lipinski definition) is 1. The third-order valence-corrected chi connectivity index (χ3v) is 5.27. The van der Waals surface area contributed by atoms with E-state index in [0.29, 0.717) is 10.9 Å². The maximum absolute atomic E-state index is 13.0. The average Bonchev–Trinajstić information content (AvgIpc) is 2.74. The van der Waals surface area contributed by atoms with Crippen LogP contribution in [-0.2, 0) is 11.2 Å². The van der Waals surface area contributed by atoms with E-state index >= 15 is 0 Å². The number of rotatable bonds is 8. The van der Waals surface area contributed by atoms with Gasteiger partial charge in [-0.05, 0) is 50.5 Å². The topological polar surface area (TPSA) is 64.1 Å². The molecule has 1 N–H and O–H groups in total. The van der Waals surface area contributed by atoms with Gasteiger partial charge >= 0.3 is 0 Å². The van der Waals surface area contributed by atoms with Crippen molar-refractivity contribution in [2.75, 3.05) is 0 Å². The van der Waals surface area contributed by atoms with Crippen LogP contribution >= 0.6 is 11.6 Å². The zero-order chi connectivity index (χ0) is 21.6. The summed E-state index contributed by atoms with van der Waals surface area (Å²) in [6, 6.07) is 19.5. The average molecular weight is 424 g/mol. The Labute approximate surface area is 182 Å². The molecule has 2 atom stereocenters. The first kappa shape index (κ1) is 21.8. The first-order chi connectivity index (χ1) is 14.3. The highest BCUT2D eigenvalue weighted by molar-refractivity contribution is 6.30. The summed E-state index contributed by atoms with van der Waals surface area (Å²) in [5.41, 5.74) is 1.24. The van der Waals surface area contributed by atoms with Crippen molar-refractivity contribution in [1.82, 2.24) is 15.3 Å². The monoisotopic (exact) mass is 423 g/mol. The molecule has 0 aliphatic rings. The van der Waals surface area contributed by atoms with E-state index in [1.807, 2.05) is 49.4 Å². The molecule has 156 valence electrons. The molecule has 0 saturated heterocycles. The summed E-state index contributed by atoms with van der Waals surface area (Å²) in [6.45, 7) is 5.48. The quantitative estimate of drug-likeness (QED) is 0.564. The zero-order valence-electron chi connectivity index (χ0n) is 17.4. The Morgan fingerprint density at radius 3 is 2.43 bits per heavy atom. The standard InChI is InChI=1S/C24H26ClN3O2/c1-17(28-23(29)24(2,3)30-22-13-14-26-16-27-22)21(19-7-5-4-6-8-19)15-18-9-11-20(25)12-10-18/h4-14,16-17,21H,15H2,1-3H3,(H,28,29)/t17-,21+/m0/s1. The van der Waals surface area contributed by atoms with Gasteiger partial charge in [0.25, 0.3) is 5.91 Å². The van der Waals surface area contributed by atoms with Crippen LogP contribution in [0.1, 0.15) is 37.8 Å². The number of carbonyl (C=O) groups excluding carboxylic acids is 1. The van der Waals surface area contributed by atoms with Gasteiger partial charge in [0.15, 0.2) is 5.60 Å². The Kier molecular flexibility index (Phi) is 7.06. The molecule has 5 nitrogen and oxygen atoms in total. The van der Waals surface area contributed by atoms with Crippen LogP contribution in [0.4, 0.5) is 0 Å². The van der Waals surface area contributed by atoms with Crippen molar-refractivity contribution in [3.8, 4) is 5.88 Å². The summed E-state index contributed by atoms with van der Waals surface area (Å²) in [5, 5.41) is 3.85. The highest BCUT2D eigenvalue weighted by Gasteiger charge is 2.33. The number of hydrogen-bond acceptors (Lipinski definition) is 4. The molecule has 30 heavy (non-hydrogen) atoms. The predicted octanol–water partition coefficient (Wildman–Crippen LogP) is 4.82. The molecule has 1 aromatic heterocycles. The fourth-order valence-corrected chi connectivity index (χ4v) is 3.41. The second kappa shape index (κ2) is 9.72. The summed E-state index contributed by atoms with van der Waals surface area (Å²) >= 11 is 6.03. The van der Waals surface area contributed by atoms with Gasteiger partial charge in [-0.25, -0.2) is 9.97 Å². The van der Waals surface area contributed by atoms with Crippen molar-refractivity contribution >= 4 is 17.5 Å². The number of nitrogens with one attached hydrogen (secondary N) is 1. The van der Waals surface area contributed by atoms with Crippen molar-refractivity contribution < 1.29 is 9.53 Å². The fourth-order valence-electron chi connectivity index (χ4n) is 3.29. The first-order valence-electron chi connectivity index (χ1n) is 9.90. The van der Waals surface area contributed by atoms with Crippen LogP contribution in [-0.4, -0.2) is 27.5 Å². The van der Waals surface area contributed by atoms with Crippen LogP contribution in [0.2, 0.25) is 5.02 Å². The van der Waals surface area contributed by atoms with E-state index < -0.39 is 5.60 Å². The van der Waals surface area contributed by atoms with Crippen molar-refractivity contribution in [1.29, 1.82) is 0 Å². The summed E-state index contributed by atoms with van der Waals surface area (Å²) in [5.74, 6) is 0.246. The molecule has 3 rings (SSSR count). The van der Waals surface area contributed by atoms with Crippen molar-refractivity contribution in [3.05, 3.63) is 89.3 Å². The number of ether oxygens (including phenoxy) is 1. The molecular weight excluding hydrogens is 398 g/mol. The molecule has 1 amide bonds. The van der Waals surface area contributed by atoms with Gasteiger partial charge < -0.3 is 10.1 Å². The fraction of sp³-hybridized carbons (Fsp3) is 0.292. The SMILES string of the molecule is C[C@H](NC(=O)C(C)(C)Oc1ccncn1)[C@@H](Cc1ccc(Cl)cc1)c1ccccc1. The Bertz CT molecular complexity index is 947. The number of benzene rings is 2. The number of amides is 1. The Hall–Kier alpha value is -2.92. The van der Waals surface area contributed by atoms with Crippen molar-refractivity contribution in [2.45, 2.75) is 44.8 Å². The van der Waals surface area contributed by atoms with Crippen LogP contribution in [0.3, 0.4) is 0 Å². The Balaban J connectivity index is 1.76. The largest absolute Gasteiger partial charge is 0.461 e. The highest BCUT2D eigenvalue weighted by Crippen LogP contribution is 2.26. The minimum absolute atomic E-state index is 0.0891. The van der Waals surface area contributed by atoms with E-state index in [-0.39, 0.29) is 17.9 Å². The Morgan fingerprint density at radius 1 is 1.10 bits per heavy atom. The minimum Gasteiger partial charge on any atom is -0.461 e. The molecule has 1 heterocycles. The maximum atomic E-state index is 13.0. The van der Waals surface area contributed by atoms with Crippen molar-refractivity contribution in [2.24, 2.45) is 0 Å². The lowest BCUT2D eigenvalue weighted by Crippen LogP contribution is -2.51. The molecule has 0 aliphatic carbocycles.